The minimum atomic E-state index is -0.552. The molecule has 196 valence electrons. The Morgan fingerprint density at radius 3 is 2.68 bits per heavy atom. The summed E-state index contributed by atoms with van der Waals surface area (Å²) >= 11 is 0. The number of hydrogen-bond donors (Lipinski definition) is 2. The van der Waals surface area contributed by atoms with Crippen LogP contribution in [0.5, 0.6) is 5.75 Å². The molecule has 2 saturated heterocycles. The molecule has 2 N–H and O–H groups in total. The van der Waals surface area contributed by atoms with E-state index >= 15 is 0 Å². The highest BCUT2D eigenvalue weighted by atomic mass is 19.1. The fourth-order valence-electron chi connectivity index (χ4n) is 5.36. The Hall–Kier alpha value is -3.76. The minimum Gasteiger partial charge on any atom is -0.483 e. The summed E-state index contributed by atoms with van der Waals surface area (Å²) in [6.45, 7) is 4.93. The van der Waals surface area contributed by atoms with E-state index in [9.17, 15) is 9.18 Å². The molecule has 4 aliphatic rings. The molecule has 7 rings (SSSR count). The van der Waals surface area contributed by atoms with Gasteiger partial charge in [-0.25, -0.2) is 14.4 Å². The van der Waals surface area contributed by atoms with E-state index < -0.39 is 5.82 Å². The zero-order valence-corrected chi connectivity index (χ0v) is 21.2. The number of fused-ring (bicyclic) bond motifs is 2. The molecule has 1 saturated carbocycles. The summed E-state index contributed by atoms with van der Waals surface area (Å²) in [5.74, 6) is 0.240. The van der Waals surface area contributed by atoms with Crippen molar-refractivity contribution >= 4 is 23.2 Å². The third-order valence-electron chi connectivity index (χ3n) is 7.88. The third-order valence-corrected chi connectivity index (χ3v) is 7.88. The quantitative estimate of drug-likeness (QED) is 0.516. The lowest BCUT2D eigenvalue weighted by molar-refractivity contribution is -0.0793. The first-order chi connectivity index (χ1) is 18.5. The van der Waals surface area contributed by atoms with Crippen molar-refractivity contribution in [1.29, 1.82) is 0 Å². The zero-order chi connectivity index (χ0) is 25.9. The van der Waals surface area contributed by atoms with E-state index in [4.69, 9.17) is 9.47 Å². The number of piperazine rings is 1. The Bertz CT molecular complexity index is 1420. The van der Waals surface area contributed by atoms with Crippen molar-refractivity contribution < 1.29 is 18.7 Å². The average molecular weight is 517 g/mol. The van der Waals surface area contributed by atoms with E-state index in [-0.39, 0.29) is 29.2 Å². The maximum atomic E-state index is 14.9. The van der Waals surface area contributed by atoms with E-state index in [1.54, 1.807) is 6.07 Å². The van der Waals surface area contributed by atoms with Crippen LogP contribution in [0.2, 0.25) is 0 Å². The van der Waals surface area contributed by atoms with E-state index in [0.717, 1.165) is 56.5 Å². The number of likely N-dealkylation sites (N-methyl/N-ethyl adjacent to an activating group) is 1. The molecule has 1 aliphatic carbocycles. The molecule has 3 aliphatic heterocycles. The first-order valence-corrected chi connectivity index (χ1v) is 13.1. The summed E-state index contributed by atoms with van der Waals surface area (Å²) in [5.41, 5.74) is 3.80. The number of ether oxygens (including phenoxy) is 2. The van der Waals surface area contributed by atoms with Gasteiger partial charge in [0.1, 0.15) is 17.5 Å². The number of nitrogens with zero attached hydrogens (tertiary/aromatic N) is 4. The Morgan fingerprint density at radius 1 is 1.13 bits per heavy atom. The summed E-state index contributed by atoms with van der Waals surface area (Å²) in [5, 5.41) is 6.33. The van der Waals surface area contributed by atoms with Gasteiger partial charge in [-0.15, -0.1) is 0 Å². The molecule has 4 heterocycles. The minimum absolute atomic E-state index is 0.0120. The molecule has 1 amide bonds. The van der Waals surface area contributed by atoms with Gasteiger partial charge < -0.3 is 29.9 Å². The van der Waals surface area contributed by atoms with Crippen LogP contribution < -0.4 is 20.3 Å². The second kappa shape index (κ2) is 8.92. The number of carbonyl (C=O) groups excluding carboxylic acids is 1. The predicted molar refractivity (Wildman–Crippen MR) is 140 cm³/mol. The molecule has 3 aromatic rings. The van der Waals surface area contributed by atoms with Crippen LogP contribution in [0.25, 0.3) is 11.3 Å². The van der Waals surface area contributed by atoms with Crippen molar-refractivity contribution in [1.82, 2.24) is 20.2 Å². The number of rotatable bonds is 6. The molecule has 0 unspecified atom stereocenters. The second-order valence-corrected chi connectivity index (χ2v) is 10.6. The van der Waals surface area contributed by atoms with Gasteiger partial charge in [-0.1, -0.05) is 12.1 Å². The molecule has 0 bridgehead atoms. The fourth-order valence-corrected chi connectivity index (χ4v) is 5.36. The highest BCUT2D eigenvalue weighted by molar-refractivity contribution is 6.01. The standard InChI is InChI=1S/C28H29FN6O3/c1-34-8-10-35(11-9-34)18-3-5-24(38-19-15-37-16-19)23(13-18)31-27-30-14-22(29)25(32-27)17-2-4-21-20(12-17)26(36)33-28(21)6-7-28/h2-5,12-14,19H,6-11,15-16H2,1H3,(H,33,36)(H,30,31,32). The number of aromatic nitrogens is 2. The fraction of sp³-hybridized carbons (Fsp3) is 0.393. The van der Waals surface area contributed by atoms with Crippen LogP contribution in [0.15, 0.2) is 42.6 Å². The molecule has 0 radical (unpaired) electrons. The Kier molecular flexibility index (Phi) is 5.48. The number of nitrogens with one attached hydrogen (secondary N) is 2. The summed E-state index contributed by atoms with van der Waals surface area (Å²) in [6, 6.07) is 11.5. The number of amides is 1. The van der Waals surface area contributed by atoms with Crippen LogP contribution in [0.4, 0.5) is 21.7 Å². The van der Waals surface area contributed by atoms with Gasteiger partial charge in [-0.2, -0.15) is 0 Å². The lowest BCUT2D eigenvalue weighted by Gasteiger charge is -2.34. The van der Waals surface area contributed by atoms with Crippen LogP contribution in [-0.4, -0.2) is 73.3 Å². The summed E-state index contributed by atoms with van der Waals surface area (Å²) < 4.78 is 26.4. The van der Waals surface area contributed by atoms with Gasteiger partial charge in [0.2, 0.25) is 5.95 Å². The van der Waals surface area contributed by atoms with Crippen LogP contribution in [-0.2, 0) is 10.3 Å². The molecule has 1 aromatic heterocycles. The molecule has 0 atom stereocenters. The van der Waals surface area contributed by atoms with Gasteiger partial charge >= 0.3 is 0 Å². The summed E-state index contributed by atoms with van der Waals surface area (Å²) in [6.07, 6.45) is 3.02. The maximum Gasteiger partial charge on any atom is 0.252 e. The van der Waals surface area contributed by atoms with E-state index in [1.807, 2.05) is 24.3 Å². The SMILES string of the molecule is CN1CCN(c2ccc(OC3COC3)c(Nc3ncc(F)c(-c4ccc5c(c4)C(=O)NC54CC4)n3)c2)CC1. The van der Waals surface area contributed by atoms with Gasteiger partial charge in [0.25, 0.3) is 5.91 Å². The molecule has 1 spiro atoms. The first-order valence-electron chi connectivity index (χ1n) is 13.1. The molecule has 2 aromatic carbocycles. The van der Waals surface area contributed by atoms with Crippen LogP contribution in [0.1, 0.15) is 28.8 Å². The number of hydrogen-bond acceptors (Lipinski definition) is 8. The lowest BCUT2D eigenvalue weighted by atomic mass is 9.99. The first kappa shape index (κ1) is 23.4. The number of carbonyl (C=O) groups is 1. The van der Waals surface area contributed by atoms with Gasteiger partial charge in [0.05, 0.1) is 30.6 Å². The molecular weight excluding hydrogens is 487 g/mol. The predicted octanol–water partition coefficient (Wildman–Crippen LogP) is 3.29. The van der Waals surface area contributed by atoms with E-state index in [2.05, 4.69) is 43.5 Å². The summed E-state index contributed by atoms with van der Waals surface area (Å²) in [7, 11) is 2.13. The molecule has 3 fully saturated rings. The third kappa shape index (κ3) is 4.13. The van der Waals surface area contributed by atoms with Crippen molar-refractivity contribution in [2.45, 2.75) is 24.5 Å². The van der Waals surface area contributed by atoms with E-state index in [1.165, 1.54) is 0 Å². The normalized spacial score (nSPS) is 20.2. The number of benzene rings is 2. The van der Waals surface area contributed by atoms with Crippen molar-refractivity contribution in [2.75, 3.05) is 56.7 Å². The monoisotopic (exact) mass is 516 g/mol. The number of anilines is 3. The van der Waals surface area contributed by atoms with Crippen molar-refractivity contribution in [2.24, 2.45) is 0 Å². The Morgan fingerprint density at radius 2 is 1.95 bits per heavy atom. The van der Waals surface area contributed by atoms with Gasteiger partial charge in [0, 0.05) is 43.0 Å². The zero-order valence-electron chi connectivity index (χ0n) is 21.2. The molecular formula is C28H29FN6O3. The lowest BCUT2D eigenvalue weighted by Crippen LogP contribution is -2.44. The van der Waals surface area contributed by atoms with Gasteiger partial charge in [-0.3, -0.25) is 4.79 Å². The smallest absolute Gasteiger partial charge is 0.252 e. The van der Waals surface area contributed by atoms with E-state index in [0.29, 0.717) is 35.8 Å². The van der Waals surface area contributed by atoms with Crippen LogP contribution in [0, 0.1) is 5.82 Å². The van der Waals surface area contributed by atoms with Gasteiger partial charge in [0.15, 0.2) is 5.82 Å². The largest absolute Gasteiger partial charge is 0.483 e. The maximum absolute atomic E-state index is 14.9. The highest BCUT2D eigenvalue weighted by Gasteiger charge is 2.52. The second-order valence-electron chi connectivity index (χ2n) is 10.6. The molecule has 38 heavy (non-hydrogen) atoms. The van der Waals surface area contributed by atoms with Crippen LogP contribution in [0.3, 0.4) is 0 Å². The summed E-state index contributed by atoms with van der Waals surface area (Å²) in [4.78, 5) is 25.9. The molecule has 10 heteroatoms. The topological polar surface area (TPSA) is 91.9 Å². The number of halogens is 1. The average Bonchev–Trinajstić information content (AvgIpc) is 3.62. The Balaban J connectivity index is 1.20. The highest BCUT2D eigenvalue weighted by Crippen LogP contribution is 2.50. The Labute approximate surface area is 220 Å². The van der Waals surface area contributed by atoms with Crippen molar-refractivity contribution in [3.63, 3.8) is 0 Å². The van der Waals surface area contributed by atoms with Gasteiger partial charge in [-0.05, 0) is 49.7 Å². The van der Waals surface area contributed by atoms with Crippen LogP contribution >= 0.6 is 0 Å². The van der Waals surface area contributed by atoms with Crippen molar-refractivity contribution in [3.05, 3.63) is 59.5 Å². The molecule has 9 nitrogen and oxygen atoms in total. The van der Waals surface area contributed by atoms with Crippen molar-refractivity contribution in [3.8, 4) is 17.0 Å².